The SMILES string of the molecule is O=C(O)CN(Cc1ccc(Cl)cc1)C(=O)CCC1CCCO1. The van der Waals surface area contributed by atoms with E-state index in [0.717, 1.165) is 25.0 Å². The van der Waals surface area contributed by atoms with E-state index in [9.17, 15) is 9.59 Å². The first-order valence-corrected chi connectivity index (χ1v) is 7.78. The summed E-state index contributed by atoms with van der Waals surface area (Å²) >= 11 is 5.83. The molecule has 0 saturated carbocycles. The predicted molar refractivity (Wildman–Crippen MR) is 82.7 cm³/mol. The Hall–Kier alpha value is -1.59. The number of nitrogens with zero attached hydrogens (tertiary/aromatic N) is 1. The maximum absolute atomic E-state index is 12.3. The number of carbonyl (C=O) groups excluding carboxylic acids is 1. The molecule has 120 valence electrons. The van der Waals surface area contributed by atoms with Crippen LogP contribution in [0.25, 0.3) is 0 Å². The molecule has 1 aliphatic rings. The monoisotopic (exact) mass is 325 g/mol. The Labute approximate surface area is 134 Å². The number of hydrogen-bond acceptors (Lipinski definition) is 3. The number of carbonyl (C=O) groups is 2. The van der Waals surface area contributed by atoms with Crippen molar-refractivity contribution < 1.29 is 19.4 Å². The first-order chi connectivity index (χ1) is 10.5. The van der Waals surface area contributed by atoms with Crippen molar-refractivity contribution in [3.8, 4) is 0 Å². The molecule has 6 heteroatoms. The van der Waals surface area contributed by atoms with Crippen LogP contribution in [0.4, 0.5) is 0 Å². The minimum Gasteiger partial charge on any atom is -0.480 e. The van der Waals surface area contributed by atoms with Crippen LogP contribution in [-0.2, 0) is 20.9 Å². The Balaban J connectivity index is 1.93. The van der Waals surface area contributed by atoms with Gasteiger partial charge in [0.2, 0.25) is 5.91 Å². The van der Waals surface area contributed by atoms with Gasteiger partial charge in [0.15, 0.2) is 0 Å². The normalized spacial score (nSPS) is 17.4. The average Bonchev–Trinajstić information content (AvgIpc) is 2.99. The van der Waals surface area contributed by atoms with Gasteiger partial charge in [0, 0.05) is 24.6 Å². The number of carboxylic acids is 1. The summed E-state index contributed by atoms with van der Waals surface area (Å²) in [7, 11) is 0. The second kappa shape index (κ2) is 8.15. The largest absolute Gasteiger partial charge is 0.480 e. The van der Waals surface area contributed by atoms with Crippen molar-refractivity contribution in [3.05, 3.63) is 34.9 Å². The summed E-state index contributed by atoms with van der Waals surface area (Å²) in [4.78, 5) is 24.6. The molecule has 0 aliphatic carbocycles. The van der Waals surface area contributed by atoms with Crippen LogP contribution < -0.4 is 0 Å². The van der Waals surface area contributed by atoms with E-state index in [2.05, 4.69) is 0 Å². The summed E-state index contributed by atoms with van der Waals surface area (Å²) in [5, 5.41) is 9.60. The lowest BCUT2D eigenvalue weighted by atomic mass is 10.1. The molecule has 0 spiro atoms. The van der Waals surface area contributed by atoms with Crippen molar-refractivity contribution in [1.82, 2.24) is 4.90 Å². The van der Waals surface area contributed by atoms with Crippen LogP contribution >= 0.6 is 11.6 Å². The van der Waals surface area contributed by atoms with E-state index in [0.29, 0.717) is 17.9 Å². The number of ether oxygens (including phenoxy) is 1. The molecule has 0 radical (unpaired) electrons. The fraction of sp³-hybridized carbons (Fsp3) is 0.500. The maximum atomic E-state index is 12.3. The predicted octanol–water partition coefficient (Wildman–Crippen LogP) is 2.71. The Morgan fingerprint density at radius 1 is 1.32 bits per heavy atom. The van der Waals surface area contributed by atoms with E-state index in [4.69, 9.17) is 21.4 Å². The molecule has 1 aromatic rings. The summed E-state index contributed by atoms with van der Waals surface area (Å²) in [5.74, 6) is -1.17. The lowest BCUT2D eigenvalue weighted by Crippen LogP contribution is -2.35. The summed E-state index contributed by atoms with van der Waals surface area (Å²) in [5.41, 5.74) is 0.858. The third-order valence-corrected chi connectivity index (χ3v) is 3.92. The van der Waals surface area contributed by atoms with Gasteiger partial charge in [-0.05, 0) is 37.0 Å². The molecule has 1 saturated heterocycles. The number of hydrogen-bond donors (Lipinski definition) is 1. The molecule has 1 atom stereocenters. The van der Waals surface area contributed by atoms with Gasteiger partial charge in [-0.25, -0.2) is 0 Å². The molecule has 1 heterocycles. The summed E-state index contributed by atoms with van der Waals surface area (Å²) in [6.45, 7) is 0.725. The van der Waals surface area contributed by atoms with Gasteiger partial charge in [0.05, 0.1) is 6.10 Å². The highest BCUT2D eigenvalue weighted by Gasteiger charge is 2.21. The molecule has 1 aliphatic heterocycles. The van der Waals surface area contributed by atoms with Gasteiger partial charge >= 0.3 is 5.97 Å². The van der Waals surface area contributed by atoms with Crippen LogP contribution in [0.15, 0.2) is 24.3 Å². The topological polar surface area (TPSA) is 66.8 Å². The van der Waals surface area contributed by atoms with Crippen LogP contribution in [0.3, 0.4) is 0 Å². The third-order valence-electron chi connectivity index (χ3n) is 3.67. The van der Waals surface area contributed by atoms with Crippen molar-refractivity contribution in [2.45, 2.75) is 38.3 Å². The molecule has 22 heavy (non-hydrogen) atoms. The molecule has 5 nitrogen and oxygen atoms in total. The smallest absolute Gasteiger partial charge is 0.323 e. The van der Waals surface area contributed by atoms with Crippen LogP contribution in [-0.4, -0.2) is 41.1 Å². The van der Waals surface area contributed by atoms with Crippen LogP contribution in [0.1, 0.15) is 31.2 Å². The molecular weight excluding hydrogens is 306 g/mol. The summed E-state index contributed by atoms with van der Waals surface area (Å²) in [6, 6.07) is 7.05. The molecule has 1 aromatic carbocycles. The van der Waals surface area contributed by atoms with Gasteiger partial charge in [-0.2, -0.15) is 0 Å². The van der Waals surface area contributed by atoms with Crippen LogP contribution in [0.2, 0.25) is 5.02 Å². The molecule has 1 fully saturated rings. The first-order valence-electron chi connectivity index (χ1n) is 7.40. The van der Waals surface area contributed by atoms with Crippen molar-refractivity contribution in [3.63, 3.8) is 0 Å². The molecule has 0 bridgehead atoms. The average molecular weight is 326 g/mol. The molecule has 1 N–H and O–H groups in total. The Kier molecular flexibility index (Phi) is 6.21. The standard InChI is InChI=1S/C16H20ClNO4/c17-13-5-3-12(4-6-13)10-18(11-16(20)21)15(19)8-7-14-2-1-9-22-14/h3-6,14H,1-2,7-11H2,(H,20,21). The Bertz CT molecular complexity index is 511. The van der Waals surface area contributed by atoms with E-state index in [-0.39, 0.29) is 25.1 Å². The summed E-state index contributed by atoms with van der Waals surface area (Å²) in [6.07, 6.45) is 3.10. The molecular formula is C16H20ClNO4. The minimum absolute atomic E-state index is 0.131. The van der Waals surface area contributed by atoms with Crippen molar-refractivity contribution in [1.29, 1.82) is 0 Å². The van der Waals surface area contributed by atoms with E-state index in [1.807, 2.05) is 0 Å². The highest BCUT2D eigenvalue weighted by atomic mass is 35.5. The van der Waals surface area contributed by atoms with Crippen LogP contribution in [0.5, 0.6) is 0 Å². The Morgan fingerprint density at radius 2 is 2.05 bits per heavy atom. The van der Waals surface area contributed by atoms with Crippen LogP contribution in [0, 0.1) is 0 Å². The van der Waals surface area contributed by atoms with Crippen molar-refractivity contribution in [2.24, 2.45) is 0 Å². The minimum atomic E-state index is -1.01. The zero-order valence-electron chi connectivity index (χ0n) is 12.3. The van der Waals surface area contributed by atoms with Gasteiger partial charge in [0.1, 0.15) is 6.54 Å². The fourth-order valence-electron chi connectivity index (χ4n) is 2.52. The molecule has 1 unspecified atom stereocenters. The van der Waals surface area contributed by atoms with Crippen molar-refractivity contribution >= 4 is 23.5 Å². The van der Waals surface area contributed by atoms with E-state index < -0.39 is 5.97 Å². The van der Waals surface area contributed by atoms with Gasteiger partial charge in [-0.3, -0.25) is 9.59 Å². The number of halogens is 1. The van der Waals surface area contributed by atoms with Gasteiger partial charge in [0.25, 0.3) is 0 Å². The van der Waals surface area contributed by atoms with Crippen molar-refractivity contribution in [2.75, 3.05) is 13.2 Å². The lowest BCUT2D eigenvalue weighted by Gasteiger charge is -2.21. The second-order valence-electron chi connectivity index (χ2n) is 5.44. The second-order valence-corrected chi connectivity index (χ2v) is 5.88. The molecule has 2 rings (SSSR count). The van der Waals surface area contributed by atoms with Gasteiger partial charge in [-0.1, -0.05) is 23.7 Å². The summed E-state index contributed by atoms with van der Waals surface area (Å²) < 4.78 is 5.49. The van der Waals surface area contributed by atoms with Gasteiger partial charge in [-0.15, -0.1) is 0 Å². The lowest BCUT2D eigenvalue weighted by molar-refractivity contribution is -0.145. The number of benzene rings is 1. The van der Waals surface area contributed by atoms with E-state index in [1.165, 1.54) is 4.90 Å². The first kappa shape index (κ1) is 16.8. The molecule has 1 amide bonds. The highest BCUT2D eigenvalue weighted by molar-refractivity contribution is 6.30. The quantitative estimate of drug-likeness (QED) is 0.837. The number of rotatable bonds is 7. The zero-order chi connectivity index (χ0) is 15.9. The fourth-order valence-corrected chi connectivity index (χ4v) is 2.65. The third kappa shape index (κ3) is 5.31. The number of amides is 1. The number of carboxylic acid groups (broad SMARTS) is 1. The Morgan fingerprint density at radius 3 is 2.64 bits per heavy atom. The van der Waals surface area contributed by atoms with E-state index >= 15 is 0 Å². The maximum Gasteiger partial charge on any atom is 0.323 e. The number of aliphatic carboxylic acids is 1. The van der Waals surface area contributed by atoms with Gasteiger partial charge < -0.3 is 14.7 Å². The zero-order valence-corrected chi connectivity index (χ0v) is 13.1. The molecule has 0 aromatic heterocycles. The highest BCUT2D eigenvalue weighted by Crippen LogP contribution is 2.18. The van der Waals surface area contributed by atoms with E-state index in [1.54, 1.807) is 24.3 Å².